The zero-order valence-electron chi connectivity index (χ0n) is 6.38. The number of nitrogens with zero attached hydrogens (tertiary/aromatic N) is 2. The van der Waals surface area contributed by atoms with Gasteiger partial charge in [-0.3, -0.25) is 5.10 Å². The zero-order chi connectivity index (χ0) is 7.52. The van der Waals surface area contributed by atoms with Crippen molar-refractivity contribution in [2.75, 3.05) is 6.54 Å². The van der Waals surface area contributed by atoms with Gasteiger partial charge < -0.3 is 5.32 Å². The van der Waals surface area contributed by atoms with E-state index in [1.54, 1.807) is 6.33 Å². The van der Waals surface area contributed by atoms with Gasteiger partial charge in [-0.25, -0.2) is 4.98 Å². The van der Waals surface area contributed by atoms with E-state index in [1.807, 2.05) is 0 Å². The molecule has 1 aromatic rings. The Morgan fingerprint density at radius 3 is 3.27 bits per heavy atom. The molecule has 0 saturated carbocycles. The monoisotopic (exact) mass is 152 g/mol. The lowest BCUT2D eigenvalue weighted by molar-refractivity contribution is 0.586. The number of aromatic amines is 1. The Balaban J connectivity index is 1.90. The van der Waals surface area contributed by atoms with E-state index in [1.165, 1.54) is 12.8 Å². The Morgan fingerprint density at radius 1 is 1.64 bits per heavy atom. The van der Waals surface area contributed by atoms with Crippen molar-refractivity contribution in [1.82, 2.24) is 20.5 Å². The summed E-state index contributed by atoms with van der Waals surface area (Å²) in [6.07, 6.45) is 5.10. The molecule has 1 aromatic heterocycles. The fourth-order valence-corrected chi connectivity index (χ4v) is 1.49. The van der Waals surface area contributed by atoms with Gasteiger partial charge in [-0.2, -0.15) is 5.10 Å². The number of H-pyrrole nitrogens is 1. The quantitative estimate of drug-likeness (QED) is 0.632. The van der Waals surface area contributed by atoms with Crippen molar-refractivity contribution in [3.8, 4) is 0 Å². The first-order valence-electron chi connectivity index (χ1n) is 4.03. The lowest BCUT2D eigenvalue weighted by atomic mass is 10.1. The summed E-state index contributed by atoms with van der Waals surface area (Å²) in [7, 11) is 0. The molecule has 2 N–H and O–H groups in total. The van der Waals surface area contributed by atoms with E-state index in [0.717, 1.165) is 18.8 Å². The Bertz CT molecular complexity index is 200. The summed E-state index contributed by atoms with van der Waals surface area (Å²) in [4.78, 5) is 4.07. The lowest BCUT2D eigenvalue weighted by Crippen LogP contribution is -2.24. The standard InChI is InChI=1S/C7H12N4/c1-2-6(8-3-1)4-7-9-5-10-11-7/h5-6,8H,1-4H2,(H,9,10,11). The first-order chi connectivity index (χ1) is 5.45. The van der Waals surface area contributed by atoms with Crippen LogP contribution in [0.2, 0.25) is 0 Å². The molecule has 1 unspecified atom stereocenters. The van der Waals surface area contributed by atoms with Gasteiger partial charge in [-0.1, -0.05) is 0 Å². The third-order valence-electron chi connectivity index (χ3n) is 2.07. The summed E-state index contributed by atoms with van der Waals surface area (Å²) < 4.78 is 0. The SMILES string of the molecule is c1n[nH]c(CC2CCCN2)n1. The van der Waals surface area contributed by atoms with E-state index in [9.17, 15) is 0 Å². The molecule has 2 heterocycles. The normalized spacial score (nSPS) is 24.2. The number of rotatable bonds is 2. The highest BCUT2D eigenvalue weighted by Gasteiger charge is 2.14. The zero-order valence-corrected chi connectivity index (χ0v) is 6.38. The van der Waals surface area contributed by atoms with Crippen LogP contribution >= 0.6 is 0 Å². The number of hydrogen-bond donors (Lipinski definition) is 2. The van der Waals surface area contributed by atoms with Crippen LogP contribution < -0.4 is 5.32 Å². The molecule has 1 aliphatic rings. The van der Waals surface area contributed by atoms with Crippen LogP contribution in [-0.2, 0) is 6.42 Å². The molecule has 60 valence electrons. The van der Waals surface area contributed by atoms with Crippen molar-refractivity contribution in [2.45, 2.75) is 25.3 Å². The second kappa shape index (κ2) is 3.00. The van der Waals surface area contributed by atoms with Crippen LogP contribution in [0.15, 0.2) is 6.33 Å². The molecule has 1 atom stereocenters. The molecular weight excluding hydrogens is 140 g/mol. The van der Waals surface area contributed by atoms with Crippen molar-refractivity contribution in [1.29, 1.82) is 0 Å². The molecular formula is C7H12N4. The maximum atomic E-state index is 4.07. The number of nitrogens with one attached hydrogen (secondary N) is 2. The molecule has 2 rings (SSSR count). The van der Waals surface area contributed by atoms with Crippen LogP contribution in [0.25, 0.3) is 0 Å². The second-order valence-electron chi connectivity index (χ2n) is 2.93. The van der Waals surface area contributed by atoms with Crippen LogP contribution in [0.3, 0.4) is 0 Å². The average molecular weight is 152 g/mol. The highest BCUT2D eigenvalue weighted by atomic mass is 15.2. The molecule has 1 aliphatic heterocycles. The van der Waals surface area contributed by atoms with E-state index < -0.39 is 0 Å². The molecule has 0 aromatic carbocycles. The Hall–Kier alpha value is -0.900. The van der Waals surface area contributed by atoms with Gasteiger partial charge in [0.25, 0.3) is 0 Å². The van der Waals surface area contributed by atoms with Crippen LogP contribution in [0.1, 0.15) is 18.7 Å². The van der Waals surface area contributed by atoms with Crippen LogP contribution in [-0.4, -0.2) is 27.8 Å². The molecule has 1 saturated heterocycles. The average Bonchev–Trinajstić information content (AvgIpc) is 2.60. The lowest BCUT2D eigenvalue weighted by Gasteiger charge is -2.05. The Labute approximate surface area is 65.4 Å². The smallest absolute Gasteiger partial charge is 0.137 e. The summed E-state index contributed by atoms with van der Waals surface area (Å²) in [6, 6.07) is 0.614. The minimum absolute atomic E-state index is 0.614. The molecule has 0 bridgehead atoms. The van der Waals surface area contributed by atoms with Crippen LogP contribution in [0, 0.1) is 0 Å². The molecule has 0 amide bonds. The third kappa shape index (κ3) is 1.57. The van der Waals surface area contributed by atoms with Gasteiger partial charge in [-0.05, 0) is 19.4 Å². The molecule has 11 heavy (non-hydrogen) atoms. The van der Waals surface area contributed by atoms with E-state index >= 15 is 0 Å². The van der Waals surface area contributed by atoms with Crippen molar-refractivity contribution in [3.05, 3.63) is 12.2 Å². The van der Waals surface area contributed by atoms with Crippen molar-refractivity contribution < 1.29 is 0 Å². The molecule has 1 fully saturated rings. The highest BCUT2D eigenvalue weighted by Crippen LogP contribution is 2.08. The predicted molar refractivity (Wildman–Crippen MR) is 41.1 cm³/mol. The first kappa shape index (κ1) is 6.79. The third-order valence-corrected chi connectivity index (χ3v) is 2.07. The van der Waals surface area contributed by atoms with E-state index in [4.69, 9.17) is 0 Å². The molecule has 0 radical (unpaired) electrons. The molecule has 0 aliphatic carbocycles. The number of aromatic nitrogens is 3. The van der Waals surface area contributed by atoms with E-state index in [0.29, 0.717) is 6.04 Å². The fraction of sp³-hybridized carbons (Fsp3) is 0.714. The maximum Gasteiger partial charge on any atom is 0.137 e. The predicted octanol–water partition coefficient (Wildman–Crippen LogP) is 0.0992. The topological polar surface area (TPSA) is 53.6 Å². The largest absolute Gasteiger partial charge is 0.314 e. The van der Waals surface area contributed by atoms with Gasteiger partial charge in [0.2, 0.25) is 0 Å². The summed E-state index contributed by atoms with van der Waals surface area (Å²) in [5.74, 6) is 0.990. The summed E-state index contributed by atoms with van der Waals surface area (Å²) >= 11 is 0. The second-order valence-corrected chi connectivity index (χ2v) is 2.93. The van der Waals surface area contributed by atoms with Crippen molar-refractivity contribution in [2.24, 2.45) is 0 Å². The maximum absolute atomic E-state index is 4.07. The van der Waals surface area contributed by atoms with Gasteiger partial charge in [0.05, 0.1) is 0 Å². The molecule has 4 nitrogen and oxygen atoms in total. The van der Waals surface area contributed by atoms with Crippen molar-refractivity contribution in [3.63, 3.8) is 0 Å². The summed E-state index contributed by atoms with van der Waals surface area (Å²) in [5, 5.41) is 10.1. The van der Waals surface area contributed by atoms with E-state index in [2.05, 4.69) is 20.5 Å². The fourth-order valence-electron chi connectivity index (χ4n) is 1.49. The first-order valence-corrected chi connectivity index (χ1v) is 4.03. The van der Waals surface area contributed by atoms with Gasteiger partial charge in [0.15, 0.2) is 0 Å². The van der Waals surface area contributed by atoms with Gasteiger partial charge in [0.1, 0.15) is 12.2 Å². The van der Waals surface area contributed by atoms with Crippen LogP contribution in [0.5, 0.6) is 0 Å². The minimum atomic E-state index is 0.614. The summed E-state index contributed by atoms with van der Waals surface area (Å²) in [6.45, 7) is 1.15. The summed E-state index contributed by atoms with van der Waals surface area (Å²) in [5.41, 5.74) is 0. The highest BCUT2D eigenvalue weighted by molar-refractivity contribution is 4.88. The molecule has 4 heteroatoms. The van der Waals surface area contributed by atoms with Gasteiger partial charge >= 0.3 is 0 Å². The van der Waals surface area contributed by atoms with Gasteiger partial charge in [0, 0.05) is 12.5 Å². The van der Waals surface area contributed by atoms with Crippen molar-refractivity contribution >= 4 is 0 Å². The number of hydrogen-bond acceptors (Lipinski definition) is 3. The molecule has 0 spiro atoms. The Kier molecular flexibility index (Phi) is 1.85. The van der Waals surface area contributed by atoms with Crippen LogP contribution in [0.4, 0.5) is 0 Å². The Morgan fingerprint density at radius 2 is 2.64 bits per heavy atom. The van der Waals surface area contributed by atoms with Gasteiger partial charge in [-0.15, -0.1) is 0 Å². The minimum Gasteiger partial charge on any atom is -0.314 e. The van der Waals surface area contributed by atoms with E-state index in [-0.39, 0.29) is 0 Å².